The highest BCUT2D eigenvalue weighted by Gasteiger charge is 2.09. The highest BCUT2D eigenvalue weighted by atomic mass is 127. The van der Waals surface area contributed by atoms with Crippen LogP contribution in [-0.2, 0) is 4.79 Å². The van der Waals surface area contributed by atoms with E-state index in [9.17, 15) is 9.59 Å². The van der Waals surface area contributed by atoms with Crippen molar-refractivity contribution < 1.29 is 18.7 Å². The van der Waals surface area contributed by atoms with Gasteiger partial charge in [-0.3, -0.25) is 25.8 Å². The Morgan fingerprint density at radius 3 is 2.72 bits per heavy atom. The van der Waals surface area contributed by atoms with Gasteiger partial charge in [0.1, 0.15) is 11.5 Å². The minimum Gasteiger partial charge on any atom is -0.496 e. The molecule has 1 heterocycles. The zero-order valence-corrected chi connectivity index (χ0v) is 16.0. The van der Waals surface area contributed by atoms with Crippen molar-refractivity contribution in [3.63, 3.8) is 0 Å². The molecule has 1 aromatic heterocycles. The summed E-state index contributed by atoms with van der Waals surface area (Å²) in [6.45, 7) is 0. The molecule has 0 aliphatic heterocycles. The van der Waals surface area contributed by atoms with E-state index < -0.39 is 11.8 Å². The summed E-state index contributed by atoms with van der Waals surface area (Å²) in [5, 5.41) is 2.36. The van der Waals surface area contributed by atoms with E-state index >= 15 is 0 Å². The summed E-state index contributed by atoms with van der Waals surface area (Å²) in [7, 11) is 1.56. The number of hydrazine groups is 1. The number of hydrogen-bond donors (Lipinski definition) is 3. The van der Waals surface area contributed by atoms with E-state index in [0.29, 0.717) is 17.1 Å². The molecule has 2 aromatic rings. The molecule has 2 amide bonds. The fourth-order valence-corrected chi connectivity index (χ4v) is 2.61. The lowest BCUT2D eigenvalue weighted by Crippen LogP contribution is -2.48. The smallest absolute Gasteiger partial charge is 0.269 e. The molecule has 25 heavy (non-hydrogen) atoms. The van der Waals surface area contributed by atoms with Gasteiger partial charge in [-0.2, -0.15) is 0 Å². The van der Waals surface area contributed by atoms with Crippen LogP contribution in [0.5, 0.6) is 5.75 Å². The van der Waals surface area contributed by atoms with E-state index in [1.54, 1.807) is 37.4 Å². The summed E-state index contributed by atoms with van der Waals surface area (Å²) in [6, 6.07) is 8.39. The first-order valence-corrected chi connectivity index (χ1v) is 8.44. The van der Waals surface area contributed by atoms with Gasteiger partial charge in [0.15, 0.2) is 5.11 Å². The molecular weight excluding hydrogens is 457 g/mol. The SMILES string of the molecule is COc1ccc(C(=O)NNC(=S)NC(=O)C=Cc2ccco2)cc1I. The Balaban J connectivity index is 1.82. The number of ether oxygens (including phenoxy) is 1. The first-order chi connectivity index (χ1) is 12.0. The Hall–Kier alpha value is -2.40. The third-order valence-corrected chi connectivity index (χ3v) is 3.93. The number of thiocarbonyl (C=S) groups is 1. The maximum atomic E-state index is 12.1. The van der Waals surface area contributed by atoms with E-state index in [1.807, 2.05) is 0 Å². The topological polar surface area (TPSA) is 92.6 Å². The van der Waals surface area contributed by atoms with Crippen LogP contribution in [0.2, 0.25) is 0 Å². The molecule has 0 fully saturated rings. The highest BCUT2D eigenvalue weighted by Crippen LogP contribution is 2.21. The van der Waals surface area contributed by atoms with Crippen LogP contribution in [-0.4, -0.2) is 24.0 Å². The zero-order valence-electron chi connectivity index (χ0n) is 13.0. The molecule has 0 bridgehead atoms. The maximum Gasteiger partial charge on any atom is 0.269 e. The minimum atomic E-state index is -0.456. The van der Waals surface area contributed by atoms with Gasteiger partial charge in [0.2, 0.25) is 5.91 Å². The Bertz CT molecular complexity index is 806. The lowest BCUT2D eigenvalue weighted by atomic mass is 10.2. The molecular formula is C16H14IN3O4S. The number of halogens is 1. The Labute approximate surface area is 162 Å². The Morgan fingerprint density at radius 2 is 2.08 bits per heavy atom. The number of furan rings is 1. The number of methoxy groups -OCH3 is 1. The third kappa shape index (κ3) is 5.87. The first-order valence-electron chi connectivity index (χ1n) is 6.96. The van der Waals surface area contributed by atoms with Gasteiger partial charge in [0, 0.05) is 11.6 Å². The number of carbonyl (C=O) groups is 2. The van der Waals surface area contributed by atoms with Crippen LogP contribution in [0.4, 0.5) is 0 Å². The first kappa shape index (κ1) is 18.9. The normalized spacial score (nSPS) is 10.3. The molecule has 0 aliphatic rings. The van der Waals surface area contributed by atoms with E-state index in [2.05, 4.69) is 38.8 Å². The second kappa shape index (κ2) is 9.18. The van der Waals surface area contributed by atoms with Gasteiger partial charge in [-0.25, -0.2) is 0 Å². The van der Waals surface area contributed by atoms with Crippen LogP contribution in [0.15, 0.2) is 47.1 Å². The van der Waals surface area contributed by atoms with Crippen molar-refractivity contribution in [3.8, 4) is 5.75 Å². The summed E-state index contributed by atoms with van der Waals surface area (Å²) in [6.07, 6.45) is 4.26. The summed E-state index contributed by atoms with van der Waals surface area (Å²) in [4.78, 5) is 23.7. The van der Waals surface area contributed by atoms with E-state index in [4.69, 9.17) is 21.4 Å². The summed E-state index contributed by atoms with van der Waals surface area (Å²) >= 11 is 7.01. The number of benzene rings is 1. The third-order valence-electron chi connectivity index (χ3n) is 2.88. The lowest BCUT2D eigenvalue weighted by Gasteiger charge is -2.10. The lowest BCUT2D eigenvalue weighted by molar-refractivity contribution is -0.115. The predicted octanol–water partition coefficient (Wildman–Crippen LogP) is 2.24. The van der Waals surface area contributed by atoms with Gasteiger partial charge in [-0.1, -0.05) is 0 Å². The van der Waals surface area contributed by atoms with Gasteiger partial charge in [0.25, 0.3) is 5.91 Å². The summed E-state index contributed by atoms with van der Waals surface area (Å²) < 4.78 is 11.0. The average molecular weight is 471 g/mol. The highest BCUT2D eigenvalue weighted by molar-refractivity contribution is 14.1. The van der Waals surface area contributed by atoms with E-state index in [1.165, 1.54) is 18.4 Å². The molecule has 2 rings (SSSR count). The largest absolute Gasteiger partial charge is 0.496 e. The monoisotopic (exact) mass is 471 g/mol. The Kier molecular flexibility index (Phi) is 6.95. The number of hydrogen-bond acceptors (Lipinski definition) is 5. The van der Waals surface area contributed by atoms with Crippen LogP contribution in [0.25, 0.3) is 6.08 Å². The van der Waals surface area contributed by atoms with Gasteiger partial charge >= 0.3 is 0 Å². The maximum absolute atomic E-state index is 12.1. The van der Waals surface area contributed by atoms with Gasteiger partial charge < -0.3 is 9.15 Å². The molecule has 0 radical (unpaired) electrons. The molecule has 0 saturated carbocycles. The molecule has 0 spiro atoms. The van der Waals surface area contributed by atoms with E-state index in [0.717, 1.165) is 3.57 Å². The minimum absolute atomic E-state index is 0.0364. The van der Waals surface area contributed by atoms with Crippen molar-refractivity contribution in [2.75, 3.05) is 7.11 Å². The molecule has 9 heteroatoms. The summed E-state index contributed by atoms with van der Waals surface area (Å²) in [5.41, 5.74) is 5.29. The van der Waals surface area contributed by atoms with Crippen LogP contribution in [0.3, 0.4) is 0 Å². The molecule has 3 N–H and O–H groups in total. The fourth-order valence-electron chi connectivity index (χ4n) is 1.72. The number of rotatable bonds is 4. The molecule has 0 aliphatic carbocycles. The fraction of sp³-hybridized carbons (Fsp3) is 0.0625. The number of nitrogens with one attached hydrogen (secondary N) is 3. The van der Waals surface area contributed by atoms with Gasteiger partial charge in [-0.05, 0) is 71.2 Å². The molecule has 130 valence electrons. The summed E-state index contributed by atoms with van der Waals surface area (Å²) in [5.74, 6) is 0.359. The molecule has 0 unspecified atom stereocenters. The van der Waals surface area contributed by atoms with Gasteiger partial charge in [-0.15, -0.1) is 0 Å². The van der Waals surface area contributed by atoms with Crippen LogP contribution in [0, 0.1) is 3.57 Å². The molecule has 0 atom stereocenters. The van der Waals surface area contributed by atoms with Crippen molar-refractivity contribution in [2.45, 2.75) is 0 Å². The van der Waals surface area contributed by atoms with E-state index in [-0.39, 0.29) is 5.11 Å². The second-order valence-corrected chi connectivity index (χ2v) is 6.17. The van der Waals surface area contributed by atoms with Crippen molar-refractivity contribution in [1.82, 2.24) is 16.2 Å². The van der Waals surface area contributed by atoms with Crippen molar-refractivity contribution >= 4 is 57.8 Å². The Morgan fingerprint density at radius 1 is 1.28 bits per heavy atom. The molecule has 7 nitrogen and oxygen atoms in total. The van der Waals surface area contributed by atoms with Crippen molar-refractivity contribution in [3.05, 3.63) is 57.6 Å². The van der Waals surface area contributed by atoms with Crippen molar-refractivity contribution in [1.29, 1.82) is 0 Å². The van der Waals surface area contributed by atoms with Crippen LogP contribution < -0.4 is 20.9 Å². The van der Waals surface area contributed by atoms with Crippen LogP contribution >= 0.6 is 34.8 Å². The number of amides is 2. The quantitative estimate of drug-likeness (QED) is 0.274. The van der Waals surface area contributed by atoms with Crippen molar-refractivity contribution in [2.24, 2.45) is 0 Å². The average Bonchev–Trinajstić information content (AvgIpc) is 3.11. The second-order valence-electron chi connectivity index (χ2n) is 4.60. The standard InChI is InChI=1S/C16H14IN3O4S/c1-23-13-6-4-10(9-12(13)17)15(22)19-20-16(25)18-14(21)7-5-11-3-2-8-24-11/h2-9H,1H3,(H,19,22)(H2,18,20,21,25). The molecule has 1 aromatic carbocycles. The van der Waals surface area contributed by atoms with Gasteiger partial charge in [0.05, 0.1) is 16.9 Å². The molecule has 0 saturated heterocycles. The predicted molar refractivity (Wildman–Crippen MR) is 105 cm³/mol. The van der Waals surface area contributed by atoms with Crippen LogP contribution in [0.1, 0.15) is 16.1 Å². The zero-order chi connectivity index (χ0) is 18.2. The number of carbonyl (C=O) groups excluding carboxylic acids is 2.